The second kappa shape index (κ2) is 9.59. The number of hydrogen-bond acceptors (Lipinski definition) is 3. The molecule has 25 heavy (non-hydrogen) atoms. The predicted molar refractivity (Wildman–Crippen MR) is 105 cm³/mol. The van der Waals surface area contributed by atoms with Gasteiger partial charge in [0.1, 0.15) is 0 Å². The molecule has 2 N–H and O–H groups in total. The van der Waals surface area contributed by atoms with Crippen molar-refractivity contribution in [3.8, 4) is 0 Å². The van der Waals surface area contributed by atoms with Crippen LogP contribution in [-0.4, -0.2) is 18.4 Å². The lowest BCUT2D eigenvalue weighted by molar-refractivity contribution is -0.116. The van der Waals surface area contributed by atoms with Crippen LogP contribution in [0, 0.1) is 0 Å². The van der Waals surface area contributed by atoms with Gasteiger partial charge in [-0.05, 0) is 47.9 Å². The zero-order valence-corrected chi connectivity index (χ0v) is 16.1. The molecule has 0 unspecified atom stereocenters. The van der Waals surface area contributed by atoms with E-state index in [4.69, 9.17) is 11.6 Å². The number of nitrogens with one attached hydrogen (secondary N) is 2. The minimum absolute atomic E-state index is 0.0583. The lowest BCUT2D eigenvalue weighted by atomic mass is 10.0. The van der Waals surface area contributed by atoms with E-state index in [-0.39, 0.29) is 11.8 Å². The molecule has 0 aliphatic rings. The molecular formula is C19H23ClN2O2S. The van der Waals surface area contributed by atoms with Crippen molar-refractivity contribution < 1.29 is 9.59 Å². The van der Waals surface area contributed by atoms with Gasteiger partial charge in [-0.3, -0.25) is 9.59 Å². The summed E-state index contributed by atoms with van der Waals surface area (Å²) in [5.74, 6) is -0.149. The number of hydrogen-bond donors (Lipinski definition) is 2. The van der Waals surface area contributed by atoms with E-state index in [1.54, 1.807) is 6.07 Å². The highest BCUT2D eigenvalue weighted by atomic mass is 35.5. The third-order valence-electron chi connectivity index (χ3n) is 3.95. The highest BCUT2D eigenvalue weighted by Gasteiger charge is 2.13. The molecule has 1 aromatic heterocycles. The smallest absolute Gasteiger partial charge is 0.261 e. The second-order valence-corrected chi connectivity index (χ2v) is 7.01. The number of carbonyl (C=O) groups is 2. The van der Waals surface area contributed by atoms with Gasteiger partial charge in [-0.2, -0.15) is 0 Å². The van der Waals surface area contributed by atoms with Crippen LogP contribution in [0.2, 0.25) is 5.02 Å². The monoisotopic (exact) mass is 378 g/mol. The van der Waals surface area contributed by atoms with E-state index < -0.39 is 0 Å². The summed E-state index contributed by atoms with van der Waals surface area (Å²) in [4.78, 5) is 24.8. The Kier molecular flexibility index (Phi) is 7.47. The summed E-state index contributed by atoms with van der Waals surface area (Å²) in [6, 6.07) is 7.46. The average Bonchev–Trinajstić information content (AvgIpc) is 3.14. The first-order valence-electron chi connectivity index (χ1n) is 8.48. The quantitative estimate of drug-likeness (QED) is 0.655. The number of aryl methyl sites for hydroxylation is 1. The second-order valence-electron chi connectivity index (χ2n) is 5.65. The average molecular weight is 379 g/mol. The maximum atomic E-state index is 12.3. The summed E-state index contributed by atoms with van der Waals surface area (Å²) < 4.78 is 0. The van der Waals surface area contributed by atoms with Crippen LogP contribution in [0.25, 0.3) is 0 Å². The maximum Gasteiger partial charge on any atom is 0.261 e. The molecule has 2 aromatic rings. The van der Waals surface area contributed by atoms with Crippen molar-refractivity contribution in [1.82, 2.24) is 5.32 Å². The zero-order valence-electron chi connectivity index (χ0n) is 14.5. The molecule has 0 radical (unpaired) electrons. The van der Waals surface area contributed by atoms with Gasteiger partial charge >= 0.3 is 0 Å². The number of amides is 2. The van der Waals surface area contributed by atoms with Gasteiger partial charge in [-0.1, -0.05) is 37.6 Å². The Balaban J connectivity index is 1.86. The van der Waals surface area contributed by atoms with E-state index in [1.807, 2.05) is 30.5 Å². The molecule has 0 saturated carbocycles. The normalized spacial score (nSPS) is 10.5. The standard InChI is InChI=1S/C19H23ClN2O2S/c1-3-13-9-10-15(20)14(4-2)18(13)22-17(23)8-5-11-21-19(24)16-7-6-12-25-16/h6-7,9-10,12H,3-5,8,11H2,1-2H3,(H,21,24)(H,22,23). The summed E-state index contributed by atoms with van der Waals surface area (Å²) in [5.41, 5.74) is 2.89. The molecule has 1 aromatic carbocycles. The largest absolute Gasteiger partial charge is 0.351 e. The summed E-state index contributed by atoms with van der Waals surface area (Å²) in [7, 11) is 0. The molecule has 0 saturated heterocycles. The number of rotatable bonds is 8. The molecule has 0 atom stereocenters. The molecule has 2 rings (SSSR count). The first-order chi connectivity index (χ1) is 12.1. The van der Waals surface area contributed by atoms with Crippen molar-refractivity contribution in [1.29, 1.82) is 0 Å². The van der Waals surface area contributed by atoms with Crippen LogP contribution in [0.15, 0.2) is 29.6 Å². The number of carbonyl (C=O) groups excluding carboxylic acids is 2. The SMILES string of the molecule is CCc1ccc(Cl)c(CC)c1NC(=O)CCCNC(=O)c1cccs1. The van der Waals surface area contributed by atoms with Crippen molar-refractivity contribution in [2.75, 3.05) is 11.9 Å². The van der Waals surface area contributed by atoms with Crippen LogP contribution in [0.5, 0.6) is 0 Å². The van der Waals surface area contributed by atoms with E-state index >= 15 is 0 Å². The third kappa shape index (κ3) is 5.31. The Hall–Kier alpha value is -1.85. The molecule has 0 spiro atoms. The first kappa shape index (κ1) is 19.5. The van der Waals surface area contributed by atoms with Crippen molar-refractivity contribution in [2.45, 2.75) is 39.5 Å². The topological polar surface area (TPSA) is 58.2 Å². The molecule has 6 heteroatoms. The number of thiophene rings is 1. The van der Waals surface area contributed by atoms with E-state index in [0.29, 0.717) is 29.3 Å². The lowest BCUT2D eigenvalue weighted by Crippen LogP contribution is -2.24. The number of anilines is 1. The van der Waals surface area contributed by atoms with Crippen molar-refractivity contribution in [3.63, 3.8) is 0 Å². The molecule has 2 amide bonds. The van der Waals surface area contributed by atoms with Crippen LogP contribution in [0.4, 0.5) is 5.69 Å². The highest BCUT2D eigenvalue weighted by molar-refractivity contribution is 7.12. The van der Waals surface area contributed by atoms with Crippen molar-refractivity contribution in [2.24, 2.45) is 0 Å². The van der Waals surface area contributed by atoms with Crippen LogP contribution in [0.3, 0.4) is 0 Å². The number of halogens is 1. The van der Waals surface area contributed by atoms with Crippen LogP contribution >= 0.6 is 22.9 Å². The molecule has 4 nitrogen and oxygen atoms in total. The van der Waals surface area contributed by atoms with Gasteiger partial charge in [0.05, 0.1) is 4.88 Å². The van der Waals surface area contributed by atoms with Gasteiger partial charge in [0.15, 0.2) is 0 Å². The Morgan fingerprint density at radius 3 is 2.60 bits per heavy atom. The molecular weight excluding hydrogens is 356 g/mol. The van der Waals surface area contributed by atoms with Gasteiger partial charge in [0, 0.05) is 23.7 Å². The molecule has 0 fully saturated rings. The summed E-state index contributed by atoms with van der Waals surface area (Å²) >= 11 is 7.66. The van der Waals surface area contributed by atoms with Crippen LogP contribution in [-0.2, 0) is 17.6 Å². The molecule has 0 bridgehead atoms. The summed E-state index contributed by atoms with van der Waals surface area (Å²) in [6.07, 6.45) is 2.53. The Morgan fingerprint density at radius 1 is 1.16 bits per heavy atom. The van der Waals surface area contributed by atoms with E-state index in [2.05, 4.69) is 17.6 Å². The predicted octanol–water partition coefficient (Wildman–Crippen LogP) is 4.68. The van der Waals surface area contributed by atoms with Gasteiger partial charge in [0.25, 0.3) is 5.91 Å². The fourth-order valence-corrected chi connectivity index (χ4v) is 3.55. The third-order valence-corrected chi connectivity index (χ3v) is 5.17. The van der Waals surface area contributed by atoms with Gasteiger partial charge in [-0.25, -0.2) is 0 Å². The molecule has 0 aliphatic carbocycles. The van der Waals surface area contributed by atoms with Gasteiger partial charge < -0.3 is 10.6 Å². The van der Waals surface area contributed by atoms with E-state index in [1.165, 1.54) is 11.3 Å². The van der Waals surface area contributed by atoms with E-state index in [0.717, 1.165) is 29.7 Å². The van der Waals surface area contributed by atoms with Crippen LogP contribution < -0.4 is 10.6 Å². The minimum Gasteiger partial charge on any atom is -0.351 e. The highest BCUT2D eigenvalue weighted by Crippen LogP contribution is 2.29. The number of benzene rings is 1. The molecule has 1 heterocycles. The van der Waals surface area contributed by atoms with Crippen molar-refractivity contribution >= 4 is 40.4 Å². The Morgan fingerprint density at radius 2 is 1.96 bits per heavy atom. The van der Waals surface area contributed by atoms with Crippen molar-refractivity contribution in [3.05, 3.63) is 50.7 Å². The maximum absolute atomic E-state index is 12.3. The van der Waals surface area contributed by atoms with Crippen LogP contribution in [0.1, 0.15) is 47.5 Å². The fourth-order valence-electron chi connectivity index (χ4n) is 2.61. The van der Waals surface area contributed by atoms with Gasteiger partial charge in [0.2, 0.25) is 5.91 Å². The summed E-state index contributed by atoms with van der Waals surface area (Å²) in [6.45, 7) is 4.55. The zero-order chi connectivity index (χ0) is 18.2. The first-order valence-corrected chi connectivity index (χ1v) is 9.74. The Labute approximate surface area is 157 Å². The van der Waals surface area contributed by atoms with Gasteiger partial charge in [-0.15, -0.1) is 11.3 Å². The summed E-state index contributed by atoms with van der Waals surface area (Å²) in [5, 5.41) is 8.38. The lowest BCUT2D eigenvalue weighted by Gasteiger charge is -2.16. The molecule has 134 valence electrons. The van der Waals surface area contributed by atoms with E-state index in [9.17, 15) is 9.59 Å². The minimum atomic E-state index is -0.0909. The fraction of sp³-hybridized carbons (Fsp3) is 0.368. The molecule has 0 aliphatic heterocycles. The Bertz CT molecular complexity index is 729.